The average molecular weight is 119 g/mol. The van der Waals surface area contributed by atoms with Gasteiger partial charge in [-0.15, -0.1) is 0 Å². The van der Waals surface area contributed by atoms with Crippen LogP contribution in [-0.4, -0.2) is 0 Å². The van der Waals surface area contributed by atoms with Crippen molar-refractivity contribution in [3.8, 4) is 0 Å². The zero-order chi connectivity index (χ0) is 6.69. The van der Waals surface area contributed by atoms with Crippen molar-refractivity contribution in [2.45, 2.75) is 13.8 Å². The van der Waals surface area contributed by atoms with E-state index < -0.39 is 0 Å². The van der Waals surface area contributed by atoms with Gasteiger partial charge in [0.05, 0.1) is 0 Å². The first-order chi connectivity index (χ1) is 4.33. The normalized spacial score (nSPS) is 9.56. The Hall–Kier alpha value is -0.780. The molecule has 0 aromatic heterocycles. The minimum atomic E-state index is 1.29. The lowest BCUT2D eigenvalue weighted by molar-refractivity contribution is 1.38. The van der Waals surface area contributed by atoms with Gasteiger partial charge >= 0.3 is 0 Å². The first-order valence-corrected chi connectivity index (χ1v) is 3.19. The molecule has 0 unspecified atom stereocenters. The van der Waals surface area contributed by atoms with Gasteiger partial charge in [0, 0.05) is 0 Å². The summed E-state index contributed by atoms with van der Waals surface area (Å²) in [5, 5.41) is 0. The highest BCUT2D eigenvalue weighted by atomic mass is 13.9. The number of hydrogen-bond donors (Lipinski definition) is 0. The molecule has 0 atom stereocenters. The summed E-state index contributed by atoms with van der Waals surface area (Å²) in [5.74, 6) is 0. The number of rotatable bonds is 1. The van der Waals surface area contributed by atoms with E-state index in [1.165, 1.54) is 11.1 Å². The number of aryl methyl sites for hydroxylation is 1. The largest absolute Gasteiger partial charge is 0.0590 e. The van der Waals surface area contributed by atoms with Crippen molar-refractivity contribution in [3.63, 3.8) is 0 Å². The third-order valence-corrected chi connectivity index (χ3v) is 1.41. The van der Waals surface area contributed by atoms with Crippen LogP contribution in [0.2, 0.25) is 0 Å². The molecule has 0 heterocycles. The molecule has 0 aliphatic rings. The van der Waals surface area contributed by atoms with Gasteiger partial charge in [0.2, 0.25) is 0 Å². The molecule has 0 heteroatoms. The summed E-state index contributed by atoms with van der Waals surface area (Å²) >= 11 is 0. The molecule has 1 rings (SSSR count). The fraction of sp³-hybridized carbons (Fsp3) is 0.222. The van der Waals surface area contributed by atoms with Crippen LogP contribution in [0.3, 0.4) is 0 Å². The van der Waals surface area contributed by atoms with Gasteiger partial charge in [0.1, 0.15) is 0 Å². The predicted octanol–water partition coefficient (Wildman–Crippen LogP) is 2.57. The second-order valence-electron chi connectivity index (χ2n) is 2.20. The maximum absolute atomic E-state index is 2.12. The quantitative estimate of drug-likeness (QED) is 0.533. The highest BCUT2D eigenvalue weighted by molar-refractivity contribution is 5.25. The molecule has 0 aliphatic carbocycles. The van der Waals surface area contributed by atoms with E-state index in [9.17, 15) is 0 Å². The predicted molar refractivity (Wildman–Crippen MR) is 40.3 cm³/mol. The third-order valence-electron chi connectivity index (χ3n) is 1.41. The molecule has 47 valence electrons. The van der Waals surface area contributed by atoms with Crippen molar-refractivity contribution in [1.29, 1.82) is 0 Å². The van der Waals surface area contributed by atoms with E-state index in [1.54, 1.807) is 0 Å². The van der Waals surface area contributed by atoms with E-state index in [0.29, 0.717) is 0 Å². The number of benzene rings is 1. The Morgan fingerprint density at radius 1 is 1.11 bits per heavy atom. The molecule has 0 N–H and O–H groups in total. The fourth-order valence-corrected chi connectivity index (χ4v) is 0.759. The molecule has 0 spiro atoms. The molecule has 0 nitrogen and oxygen atoms in total. The molecule has 9 heavy (non-hydrogen) atoms. The summed E-state index contributed by atoms with van der Waals surface area (Å²) in [6.07, 6.45) is 2.10. The molecular formula is C9H11. The van der Waals surface area contributed by atoms with Crippen LogP contribution in [0.5, 0.6) is 0 Å². The molecule has 1 aromatic carbocycles. The number of hydrogen-bond acceptors (Lipinski definition) is 0. The van der Waals surface area contributed by atoms with Crippen molar-refractivity contribution in [1.82, 2.24) is 0 Å². The summed E-state index contributed by atoms with van der Waals surface area (Å²) in [4.78, 5) is 0. The van der Waals surface area contributed by atoms with Crippen LogP contribution in [0.4, 0.5) is 0 Å². The SMILES string of the molecule is C[CH]c1ccc(C)cc1. The minimum absolute atomic E-state index is 1.29. The zero-order valence-corrected chi connectivity index (χ0v) is 5.89. The Bertz CT molecular complexity index is 172. The first-order valence-electron chi connectivity index (χ1n) is 3.19. The molecule has 0 saturated heterocycles. The van der Waals surface area contributed by atoms with Gasteiger partial charge < -0.3 is 0 Å². The Morgan fingerprint density at radius 2 is 1.67 bits per heavy atom. The summed E-state index contributed by atoms with van der Waals surface area (Å²) in [6.45, 7) is 4.14. The fourth-order valence-electron chi connectivity index (χ4n) is 0.759. The van der Waals surface area contributed by atoms with Gasteiger partial charge in [-0.3, -0.25) is 0 Å². The van der Waals surface area contributed by atoms with Crippen LogP contribution < -0.4 is 0 Å². The molecule has 0 saturated carbocycles. The van der Waals surface area contributed by atoms with Crippen LogP contribution in [-0.2, 0) is 0 Å². The van der Waals surface area contributed by atoms with Gasteiger partial charge in [0.25, 0.3) is 0 Å². The molecule has 1 aromatic rings. The van der Waals surface area contributed by atoms with E-state index in [-0.39, 0.29) is 0 Å². The third kappa shape index (κ3) is 1.56. The van der Waals surface area contributed by atoms with Gasteiger partial charge in [-0.05, 0) is 18.9 Å². The standard InChI is InChI=1S/C9H11/c1-3-9-6-4-8(2)5-7-9/h3-7H,1-2H3. The molecule has 0 amide bonds. The van der Waals surface area contributed by atoms with E-state index >= 15 is 0 Å². The maximum atomic E-state index is 2.12. The highest BCUT2D eigenvalue weighted by Gasteiger charge is 1.85. The molecule has 1 radical (unpaired) electrons. The van der Waals surface area contributed by atoms with Crippen LogP contribution in [0.15, 0.2) is 24.3 Å². The maximum Gasteiger partial charge on any atom is -0.0124 e. The van der Waals surface area contributed by atoms with Gasteiger partial charge in [-0.2, -0.15) is 0 Å². The van der Waals surface area contributed by atoms with Crippen molar-refractivity contribution in [2.75, 3.05) is 0 Å². The summed E-state index contributed by atoms with van der Waals surface area (Å²) in [5.41, 5.74) is 2.61. The molecular weight excluding hydrogens is 108 g/mol. The van der Waals surface area contributed by atoms with Crippen LogP contribution in [0, 0.1) is 13.3 Å². The molecule has 0 fully saturated rings. The van der Waals surface area contributed by atoms with Crippen LogP contribution in [0.25, 0.3) is 0 Å². The Labute approximate surface area is 56.5 Å². The topological polar surface area (TPSA) is 0 Å². The summed E-state index contributed by atoms with van der Waals surface area (Å²) < 4.78 is 0. The van der Waals surface area contributed by atoms with E-state index in [0.717, 1.165) is 0 Å². The van der Waals surface area contributed by atoms with Crippen molar-refractivity contribution in [2.24, 2.45) is 0 Å². The van der Waals surface area contributed by atoms with Crippen molar-refractivity contribution in [3.05, 3.63) is 41.8 Å². The lowest BCUT2D eigenvalue weighted by Crippen LogP contribution is -1.75. The van der Waals surface area contributed by atoms with Crippen LogP contribution in [0.1, 0.15) is 18.1 Å². The van der Waals surface area contributed by atoms with E-state index in [2.05, 4.69) is 37.6 Å². The highest BCUT2D eigenvalue weighted by Crippen LogP contribution is 2.03. The lowest BCUT2D eigenvalue weighted by Gasteiger charge is -1.94. The minimum Gasteiger partial charge on any atom is -0.0590 e. The summed E-state index contributed by atoms with van der Waals surface area (Å²) in [6, 6.07) is 8.48. The Balaban J connectivity index is 2.88. The first kappa shape index (κ1) is 6.34. The lowest BCUT2D eigenvalue weighted by atomic mass is 10.1. The second kappa shape index (κ2) is 2.67. The molecule has 0 aliphatic heterocycles. The van der Waals surface area contributed by atoms with Crippen molar-refractivity contribution < 1.29 is 0 Å². The van der Waals surface area contributed by atoms with Gasteiger partial charge in [0.15, 0.2) is 0 Å². The van der Waals surface area contributed by atoms with Gasteiger partial charge in [-0.1, -0.05) is 36.8 Å². The van der Waals surface area contributed by atoms with Gasteiger partial charge in [-0.25, -0.2) is 0 Å². The summed E-state index contributed by atoms with van der Waals surface area (Å²) in [7, 11) is 0. The monoisotopic (exact) mass is 119 g/mol. The van der Waals surface area contributed by atoms with E-state index in [1.807, 2.05) is 6.92 Å². The zero-order valence-electron chi connectivity index (χ0n) is 5.89. The van der Waals surface area contributed by atoms with Crippen molar-refractivity contribution >= 4 is 0 Å². The Morgan fingerprint density at radius 3 is 2.11 bits per heavy atom. The smallest absolute Gasteiger partial charge is 0.0124 e. The van der Waals surface area contributed by atoms with Crippen LogP contribution >= 0.6 is 0 Å². The second-order valence-corrected chi connectivity index (χ2v) is 2.20. The molecule has 0 bridgehead atoms. The van der Waals surface area contributed by atoms with E-state index in [4.69, 9.17) is 0 Å². The average Bonchev–Trinajstić information content (AvgIpc) is 1.90. The Kier molecular flexibility index (Phi) is 1.88.